The molecular formula is C2H6ClCuKO2. The van der Waals surface area contributed by atoms with E-state index in [0.29, 0.717) is 0 Å². The Morgan fingerprint density at radius 3 is 1.71 bits per heavy atom. The van der Waals surface area contributed by atoms with Crippen LogP contribution < -0.4 is 51.4 Å². The Hall–Kier alpha value is 1.92. The number of carbonyl (C=O) groups is 1. The van der Waals surface area contributed by atoms with Crippen molar-refractivity contribution in [2.75, 3.05) is 0 Å². The van der Waals surface area contributed by atoms with Crippen molar-refractivity contribution in [2.45, 2.75) is 6.92 Å². The van der Waals surface area contributed by atoms with Gasteiger partial charge in [0.2, 0.25) is 0 Å². The number of carboxylic acids is 1. The van der Waals surface area contributed by atoms with Crippen LogP contribution in [0, 0.1) is 0 Å². The third-order valence-electron chi connectivity index (χ3n) is 0. The van der Waals surface area contributed by atoms with Gasteiger partial charge in [-0.25, -0.2) is 0 Å². The average Bonchev–Trinajstić information content (AvgIpc) is 0.811. The van der Waals surface area contributed by atoms with Crippen molar-refractivity contribution in [3.8, 4) is 0 Å². The van der Waals surface area contributed by atoms with Crippen LogP contribution in [0.2, 0.25) is 0 Å². The van der Waals surface area contributed by atoms with Crippen molar-refractivity contribution in [3.63, 3.8) is 0 Å². The first-order chi connectivity index (χ1) is 1.73. The summed E-state index contributed by atoms with van der Waals surface area (Å²) in [6, 6.07) is 0. The zero-order valence-electron chi connectivity index (χ0n) is 5.07. The van der Waals surface area contributed by atoms with Gasteiger partial charge < -0.3 is 6.53 Å². The van der Waals surface area contributed by atoms with E-state index in [9.17, 15) is 0 Å². The Kier molecular flexibility index (Phi) is 51.7. The van der Waals surface area contributed by atoms with E-state index in [2.05, 4.69) is 0 Å². The van der Waals surface area contributed by atoms with Gasteiger partial charge in [-0.2, -0.15) is 0 Å². The molecule has 0 aromatic carbocycles. The Morgan fingerprint density at radius 2 is 1.71 bits per heavy atom. The van der Waals surface area contributed by atoms with Gasteiger partial charge >= 0.3 is 51.4 Å². The second-order valence-corrected chi connectivity index (χ2v) is 0.519. The second-order valence-electron chi connectivity index (χ2n) is 0.519. The molecule has 0 heterocycles. The Morgan fingerprint density at radius 1 is 1.71 bits per heavy atom. The Balaban J connectivity index is -0.00000000750. The van der Waals surface area contributed by atoms with Crippen molar-refractivity contribution in [1.82, 2.24) is 0 Å². The molecule has 0 aliphatic heterocycles. The molecule has 0 saturated carbocycles. The van der Waals surface area contributed by atoms with Crippen molar-refractivity contribution in [1.29, 1.82) is 0 Å². The van der Waals surface area contributed by atoms with Gasteiger partial charge in [-0.3, -0.25) is 4.79 Å². The quantitative estimate of drug-likeness (QED) is 0.444. The fourth-order valence-electron chi connectivity index (χ4n) is 0. The van der Waals surface area contributed by atoms with Crippen molar-refractivity contribution >= 4 is 18.4 Å². The maximum absolute atomic E-state index is 9.00. The molecule has 0 atom stereocenters. The molecule has 0 aromatic heterocycles. The standard InChI is InChI=1S/C2H4O2.ClH.Cu.K.H/c1-2(3)4;;;;/h1H3,(H,3,4);1H;;;/q;;;+1;-1. The molecular weight excluding hydrogens is 194 g/mol. The third kappa shape index (κ3) is 75.5. The number of rotatable bonds is 0. The molecule has 0 saturated heterocycles. The van der Waals surface area contributed by atoms with Crippen LogP contribution in [0.15, 0.2) is 0 Å². The monoisotopic (exact) mass is 199 g/mol. The molecule has 0 spiro atoms. The number of carboxylic acid groups (broad SMARTS) is 1. The topological polar surface area (TPSA) is 37.3 Å². The Bertz CT molecular complexity index is 43.0. The average molecular weight is 200 g/mol. The summed E-state index contributed by atoms with van der Waals surface area (Å²) in [5.41, 5.74) is 0. The number of hydrogen-bond acceptors (Lipinski definition) is 1. The van der Waals surface area contributed by atoms with Crippen LogP contribution in [0.1, 0.15) is 8.35 Å². The second kappa shape index (κ2) is 15.7. The van der Waals surface area contributed by atoms with Gasteiger partial charge in [-0.1, -0.05) is 0 Å². The van der Waals surface area contributed by atoms with Crippen LogP contribution in [0.3, 0.4) is 0 Å². The van der Waals surface area contributed by atoms with E-state index >= 15 is 0 Å². The largest absolute Gasteiger partial charge is 1.00 e. The minimum Gasteiger partial charge on any atom is -1.00 e. The zero-order valence-corrected chi connectivity index (χ0v) is 8.95. The molecule has 1 N–H and O–H groups in total. The minimum atomic E-state index is -0.833. The van der Waals surface area contributed by atoms with Crippen molar-refractivity contribution < 1.29 is 79.8 Å². The summed E-state index contributed by atoms with van der Waals surface area (Å²) >= 11 is 0. The van der Waals surface area contributed by atoms with E-state index in [4.69, 9.17) is 9.90 Å². The molecule has 45 valence electrons. The summed E-state index contributed by atoms with van der Waals surface area (Å²) in [6.07, 6.45) is 0. The summed E-state index contributed by atoms with van der Waals surface area (Å²) in [4.78, 5) is 9.00. The first-order valence-electron chi connectivity index (χ1n) is 0.928. The molecule has 0 rings (SSSR count). The van der Waals surface area contributed by atoms with Gasteiger partial charge in [0.25, 0.3) is 5.97 Å². The van der Waals surface area contributed by atoms with Crippen LogP contribution in [0.5, 0.6) is 0 Å². The first-order valence-corrected chi connectivity index (χ1v) is 0.928. The van der Waals surface area contributed by atoms with Crippen LogP contribution in [0.25, 0.3) is 0 Å². The molecule has 5 heteroatoms. The number of halogens is 1. The summed E-state index contributed by atoms with van der Waals surface area (Å²) in [5, 5.41) is 7.42. The molecule has 0 bridgehead atoms. The third-order valence-corrected chi connectivity index (χ3v) is 0. The van der Waals surface area contributed by atoms with Crippen molar-refractivity contribution in [3.05, 3.63) is 0 Å². The van der Waals surface area contributed by atoms with Gasteiger partial charge in [0.15, 0.2) is 0 Å². The van der Waals surface area contributed by atoms with E-state index in [1.807, 2.05) is 0 Å². The molecule has 0 aromatic rings. The summed E-state index contributed by atoms with van der Waals surface area (Å²) < 4.78 is 0. The SMILES string of the molecule is CC(=O)O.Cl.[Cu].[H-].[K+]. The molecule has 2 nitrogen and oxygen atoms in total. The summed E-state index contributed by atoms with van der Waals surface area (Å²) in [7, 11) is 0. The summed E-state index contributed by atoms with van der Waals surface area (Å²) in [6.45, 7) is 1.08. The minimum absolute atomic E-state index is 0. The molecule has 0 aliphatic rings. The summed E-state index contributed by atoms with van der Waals surface area (Å²) in [5.74, 6) is -0.833. The van der Waals surface area contributed by atoms with E-state index in [-0.39, 0.29) is 82.3 Å². The maximum Gasteiger partial charge on any atom is 1.00 e. The molecule has 1 radical (unpaired) electrons. The van der Waals surface area contributed by atoms with E-state index < -0.39 is 5.97 Å². The number of aliphatic carboxylic acids is 1. The predicted octanol–water partition coefficient (Wildman–Crippen LogP) is -2.37. The van der Waals surface area contributed by atoms with E-state index in [1.165, 1.54) is 0 Å². The van der Waals surface area contributed by atoms with E-state index in [1.54, 1.807) is 0 Å². The predicted molar refractivity (Wildman–Crippen MR) is 21.7 cm³/mol. The Labute approximate surface area is 103 Å². The van der Waals surface area contributed by atoms with Gasteiger partial charge in [0.05, 0.1) is 0 Å². The molecule has 0 amide bonds. The van der Waals surface area contributed by atoms with E-state index in [0.717, 1.165) is 6.92 Å². The number of hydrogen-bond donors (Lipinski definition) is 1. The molecule has 7 heavy (non-hydrogen) atoms. The fraction of sp³-hybridized carbons (Fsp3) is 0.500. The normalized spacial score (nSPS) is 3.57. The van der Waals surface area contributed by atoms with Crippen LogP contribution in [0.4, 0.5) is 0 Å². The molecule has 0 unspecified atom stereocenters. The van der Waals surface area contributed by atoms with Crippen LogP contribution in [-0.2, 0) is 21.9 Å². The fourth-order valence-corrected chi connectivity index (χ4v) is 0. The van der Waals surface area contributed by atoms with Gasteiger partial charge in [0.1, 0.15) is 0 Å². The zero-order chi connectivity index (χ0) is 3.58. The molecule has 0 aliphatic carbocycles. The smallest absolute Gasteiger partial charge is 1.00 e. The van der Waals surface area contributed by atoms with Gasteiger partial charge in [-0.15, -0.1) is 12.4 Å². The maximum atomic E-state index is 9.00. The van der Waals surface area contributed by atoms with Gasteiger partial charge in [0, 0.05) is 24.0 Å². The van der Waals surface area contributed by atoms with Crippen LogP contribution in [-0.4, -0.2) is 11.1 Å². The van der Waals surface area contributed by atoms with Crippen LogP contribution >= 0.6 is 12.4 Å². The van der Waals surface area contributed by atoms with Gasteiger partial charge in [-0.05, 0) is 0 Å². The first kappa shape index (κ1) is 23.1. The molecule has 0 fully saturated rings. The van der Waals surface area contributed by atoms with Crippen molar-refractivity contribution in [2.24, 2.45) is 0 Å².